The van der Waals surface area contributed by atoms with Crippen LogP contribution in [0.3, 0.4) is 0 Å². The minimum Gasteiger partial charge on any atom is -0.377 e. The highest BCUT2D eigenvalue weighted by atomic mass is 16.6. The zero-order chi connectivity index (χ0) is 16.0. The summed E-state index contributed by atoms with van der Waals surface area (Å²) in [5, 5.41) is 11.0. The Morgan fingerprint density at radius 3 is 2.71 bits per heavy atom. The van der Waals surface area contributed by atoms with Crippen LogP contribution in [-0.4, -0.2) is 42.0 Å². The van der Waals surface area contributed by atoms with Crippen LogP contribution in [0.2, 0.25) is 0 Å². The number of nitro groups is 1. The predicted octanol–water partition coefficient (Wildman–Crippen LogP) is 1.38. The molecule has 1 aromatic carbocycles. The number of hydrogen-bond donors (Lipinski definition) is 2. The number of likely N-dealkylation sites (N-methyl/N-ethyl adjacent to an activating group) is 1. The molecule has 8 heteroatoms. The lowest BCUT2D eigenvalue weighted by molar-refractivity contribution is -0.385. The Hall–Kier alpha value is -2.19. The number of ether oxygens (including phenoxy) is 1. The average molecular weight is 296 g/mol. The van der Waals surface area contributed by atoms with Gasteiger partial charge in [-0.3, -0.25) is 20.8 Å². The van der Waals surface area contributed by atoms with E-state index in [0.717, 1.165) is 0 Å². The van der Waals surface area contributed by atoms with Crippen LogP contribution >= 0.6 is 0 Å². The number of amides is 1. The summed E-state index contributed by atoms with van der Waals surface area (Å²) in [4.78, 5) is 24.1. The molecular weight excluding hydrogens is 276 g/mol. The Morgan fingerprint density at radius 2 is 2.19 bits per heavy atom. The van der Waals surface area contributed by atoms with E-state index >= 15 is 0 Å². The van der Waals surface area contributed by atoms with Crippen LogP contribution in [0.5, 0.6) is 0 Å². The molecule has 0 atom stereocenters. The summed E-state index contributed by atoms with van der Waals surface area (Å²) in [6.45, 7) is 4.49. The number of carbonyl (C=O) groups is 1. The van der Waals surface area contributed by atoms with E-state index in [1.165, 1.54) is 23.1 Å². The average Bonchev–Trinajstić information content (AvgIpc) is 2.45. The van der Waals surface area contributed by atoms with E-state index in [9.17, 15) is 14.9 Å². The molecule has 21 heavy (non-hydrogen) atoms. The van der Waals surface area contributed by atoms with Crippen molar-refractivity contribution in [3.8, 4) is 0 Å². The first-order chi connectivity index (χ1) is 9.86. The quantitative estimate of drug-likeness (QED) is 0.446. The molecule has 0 aliphatic carbocycles. The van der Waals surface area contributed by atoms with Gasteiger partial charge in [-0.2, -0.15) is 0 Å². The third-order valence-electron chi connectivity index (χ3n) is 2.81. The Labute approximate surface area is 123 Å². The van der Waals surface area contributed by atoms with E-state index in [4.69, 9.17) is 10.6 Å². The van der Waals surface area contributed by atoms with Crippen molar-refractivity contribution in [2.45, 2.75) is 20.0 Å². The number of carbonyl (C=O) groups excluding carboxylic acids is 1. The van der Waals surface area contributed by atoms with E-state index in [1.54, 1.807) is 7.05 Å². The Bertz CT molecular complexity index is 519. The van der Waals surface area contributed by atoms with Gasteiger partial charge in [0.1, 0.15) is 5.56 Å². The first kappa shape index (κ1) is 16.9. The summed E-state index contributed by atoms with van der Waals surface area (Å²) < 4.78 is 5.36. The number of benzene rings is 1. The van der Waals surface area contributed by atoms with E-state index in [2.05, 4.69) is 5.43 Å². The number of hydrazine groups is 1. The molecule has 116 valence electrons. The predicted molar refractivity (Wildman–Crippen MR) is 79.0 cm³/mol. The smallest absolute Gasteiger partial charge is 0.282 e. The van der Waals surface area contributed by atoms with Gasteiger partial charge in [0, 0.05) is 25.3 Å². The van der Waals surface area contributed by atoms with Gasteiger partial charge in [0.2, 0.25) is 0 Å². The van der Waals surface area contributed by atoms with E-state index < -0.39 is 10.8 Å². The molecule has 0 heterocycles. The molecule has 0 bridgehead atoms. The molecule has 1 aromatic rings. The van der Waals surface area contributed by atoms with Crippen molar-refractivity contribution in [3.63, 3.8) is 0 Å². The van der Waals surface area contributed by atoms with E-state index in [-0.39, 0.29) is 17.4 Å². The molecule has 1 amide bonds. The molecule has 0 saturated heterocycles. The third kappa shape index (κ3) is 4.69. The molecule has 0 aliphatic heterocycles. The van der Waals surface area contributed by atoms with Crippen molar-refractivity contribution in [2.24, 2.45) is 5.84 Å². The molecule has 0 aromatic heterocycles. The zero-order valence-corrected chi connectivity index (χ0v) is 12.3. The fourth-order valence-corrected chi connectivity index (χ4v) is 1.69. The summed E-state index contributed by atoms with van der Waals surface area (Å²) in [7, 11) is 1.57. The molecule has 0 fully saturated rings. The Morgan fingerprint density at radius 1 is 1.52 bits per heavy atom. The highest BCUT2D eigenvalue weighted by Gasteiger charge is 2.23. The molecule has 0 radical (unpaired) electrons. The Balaban J connectivity index is 2.91. The number of hydrogen-bond acceptors (Lipinski definition) is 6. The number of nitrogens with zero attached hydrogens (tertiary/aromatic N) is 2. The van der Waals surface area contributed by atoms with Crippen molar-refractivity contribution < 1.29 is 14.5 Å². The topological polar surface area (TPSA) is 111 Å². The minimum absolute atomic E-state index is 0.0116. The minimum atomic E-state index is -0.591. The number of anilines is 1. The van der Waals surface area contributed by atoms with Crippen LogP contribution in [0.15, 0.2) is 18.2 Å². The summed E-state index contributed by atoms with van der Waals surface area (Å²) in [5.74, 6) is 4.82. The third-order valence-corrected chi connectivity index (χ3v) is 2.81. The second-order valence-electron chi connectivity index (χ2n) is 4.78. The van der Waals surface area contributed by atoms with Crippen molar-refractivity contribution in [1.82, 2.24) is 4.90 Å². The van der Waals surface area contributed by atoms with Crippen molar-refractivity contribution in [1.29, 1.82) is 0 Å². The van der Waals surface area contributed by atoms with Gasteiger partial charge in [0.25, 0.3) is 11.6 Å². The number of nitrogen functional groups attached to an aromatic ring is 1. The van der Waals surface area contributed by atoms with Gasteiger partial charge in [-0.1, -0.05) is 0 Å². The van der Waals surface area contributed by atoms with Crippen LogP contribution in [0.25, 0.3) is 0 Å². The summed E-state index contributed by atoms with van der Waals surface area (Å²) in [5.41, 5.74) is 2.53. The van der Waals surface area contributed by atoms with E-state index in [0.29, 0.717) is 18.8 Å². The van der Waals surface area contributed by atoms with Crippen molar-refractivity contribution in [3.05, 3.63) is 33.9 Å². The lowest BCUT2D eigenvalue weighted by Crippen LogP contribution is -2.31. The van der Waals surface area contributed by atoms with Crippen LogP contribution < -0.4 is 11.3 Å². The molecule has 0 saturated carbocycles. The molecule has 8 nitrogen and oxygen atoms in total. The lowest BCUT2D eigenvalue weighted by atomic mass is 10.1. The highest BCUT2D eigenvalue weighted by molar-refractivity contribution is 5.99. The number of nitro benzene ring substituents is 1. The zero-order valence-electron chi connectivity index (χ0n) is 12.3. The van der Waals surface area contributed by atoms with Gasteiger partial charge in [-0.05, 0) is 26.0 Å². The van der Waals surface area contributed by atoms with Crippen molar-refractivity contribution >= 4 is 17.3 Å². The SMILES string of the molecule is CC(C)OCCN(C)C(=O)c1cc(NN)ccc1[N+](=O)[O-]. The first-order valence-corrected chi connectivity index (χ1v) is 6.49. The molecule has 0 spiro atoms. The maximum atomic E-state index is 12.3. The monoisotopic (exact) mass is 296 g/mol. The second kappa shape index (κ2) is 7.55. The fourth-order valence-electron chi connectivity index (χ4n) is 1.69. The number of nitrogens with two attached hydrogens (primary N) is 1. The van der Waals surface area contributed by atoms with Crippen LogP contribution in [0.1, 0.15) is 24.2 Å². The van der Waals surface area contributed by atoms with Gasteiger partial charge >= 0.3 is 0 Å². The van der Waals surface area contributed by atoms with Crippen LogP contribution in [-0.2, 0) is 4.74 Å². The summed E-state index contributed by atoms with van der Waals surface area (Å²) in [6, 6.07) is 4.05. The summed E-state index contributed by atoms with van der Waals surface area (Å²) in [6.07, 6.45) is 0.0626. The maximum Gasteiger partial charge on any atom is 0.282 e. The number of nitrogens with one attached hydrogen (secondary N) is 1. The first-order valence-electron chi connectivity index (χ1n) is 6.49. The van der Waals surface area contributed by atoms with E-state index in [1.807, 2.05) is 13.8 Å². The van der Waals surface area contributed by atoms with Crippen LogP contribution in [0, 0.1) is 10.1 Å². The second-order valence-corrected chi connectivity index (χ2v) is 4.78. The largest absolute Gasteiger partial charge is 0.377 e. The number of rotatable bonds is 7. The molecular formula is C13H20N4O4. The van der Waals surface area contributed by atoms with Gasteiger partial charge in [-0.15, -0.1) is 0 Å². The molecule has 3 N–H and O–H groups in total. The van der Waals surface area contributed by atoms with Gasteiger partial charge in [-0.25, -0.2) is 0 Å². The molecule has 1 rings (SSSR count). The van der Waals surface area contributed by atoms with Gasteiger partial charge in [0.05, 0.1) is 17.6 Å². The standard InChI is InChI=1S/C13H20N4O4/c1-9(2)21-7-6-16(3)13(18)11-8-10(15-14)4-5-12(11)17(19)20/h4-5,8-9,15H,6-7,14H2,1-3H3. The lowest BCUT2D eigenvalue weighted by Gasteiger charge is -2.18. The fraction of sp³-hybridized carbons (Fsp3) is 0.462. The van der Waals surface area contributed by atoms with Gasteiger partial charge < -0.3 is 15.1 Å². The summed E-state index contributed by atoms with van der Waals surface area (Å²) >= 11 is 0. The Kier molecular flexibility index (Phi) is 6.07. The van der Waals surface area contributed by atoms with Crippen LogP contribution in [0.4, 0.5) is 11.4 Å². The molecule has 0 unspecified atom stereocenters. The molecule has 0 aliphatic rings. The van der Waals surface area contributed by atoms with Crippen molar-refractivity contribution in [2.75, 3.05) is 25.6 Å². The highest BCUT2D eigenvalue weighted by Crippen LogP contribution is 2.23. The van der Waals surface area contributed by atoms with Gasteiger partial charge in [0.15, 0.2) is 0 Å². The normalized spacial score (nSPS) is 10.5. The maximum absolute atomic E-state index is 12.3.